The van der Waals surface area contributed by atoms with Crippen molar-refractivity contribution in [2.45, 2.75) is 348 Å². The fourth-order valence-electron chi connectivity index (χ4n) is 9.69. The van der Waals surface area contributed by atoms with Gasteiger partial charge in [0.05, 0.1) is 0 Å². The van der Waals surface area contributed by atoms with Crippen LogP contribution in [-0.2, 0) is 28.6 Å². The molecule has 0 amide bonds. The van der Waals surface area contributed by atoms with E-state index >= 15 is 0 Å². The van der Waals surface area contributed by atoms with E-state index in [2.05, 4.69) is 93.7 Å². The molecule has 0 bridgehead atoms. The van der Waals surface area contributed by atoms with Gasteiger partial charge in [0.25, 0.3) is 0 Å². The van der Waals surface area contributed by atoms with Gasteiger partial charge >= 0.3 is 17.9 Å². The topological polar surface area (TPSA) is 78.9 Å². The molecule has 0 radical (unpaired) electrons. The van der Waals surface area contributed by atoms with Gasteiger partial charge in [0.1, 0.15) is 13.2 Å². The van der Waals surface area contributed by atoms with Crippen molar-refractivity contribution in [1.29, 1.82) is 0 Å². The van der Waals surface area contributed by atoms with Gasteiger partial charge in [0.15, 0.2) is 6.10 Å². The van der Waals surface area contributed by atoms with Crippen LogP contribution in [0.3, 0.4) is 0 Å². The summed E-state index contributed by atoms with van der Waals surface area (Å²) in [6.45, 7) is 6.52. The van der Waals surface area contributed by atoms with E-state index in [0.29, 0.717) is 19.3 Å². The predicted molar refractivity (Wildman–Crippen MR) is 335 cm³/mol. The highest BCUT2D eigenvalue weighted by molar-refractivity contribution is 5.71. The van der Waals surface area contributed by atoms with Crippen LogP contribution in [0, 0.1) is 0 Å². The third kappa shape index (κ3) is 63.6. The molecule has 0 fully saturated rings. The molecule has 77 heavy (non-hydrogen) atoms. The number of unbranched alkanes of at least 4 members (excludes halogenated alkanes) is 38. The summed E-state index contributed by atoms with van der Waals surface area (Å²) in [5.41, 5.74) is 0. The third-order valence-electron chi connectivity index (χ3n) is 14.7. The third-order valence-corrected chi connectivity index (χ3v) is 14.7. The minimum absolute atomic E-state index is 0.0796. The summed E-state index contributed by atoms with van der Waals surface area (Å²) in [6, 6.07) is 0. The standard InChI is InChI=1S/C71H126O6/c1-4-7-10-13-16-19-22-24-26-28-30-32-34-35-37-38-40-42-44-46-49-52-55-58-61-64-70(73)76-67-68(66-75-69(72)63-60-57-54-51-48-21-18-15-12-9-6-3)77-71(74)65-62-59-56-53-50-47-45-43-41-39-36-33-31-29-27-25-23-20-17-14-11-8-5-2/h8,11,15,17-18,20,25,27,31,33,39,41,68H,4-7,9-10,12-14,16,19,21-24,26,28-30,32,34-38,40,42-67H2,1-3H3/b11-8-,18-15-,20-17-,27-25-,33-31-,41-39-. The van der Waals surface area contributed by atoms with Crippen molar-refractivity contribution in [3.8, 4) is 0 Å². The van der Waals surface area contributed by atoms with Crippen molar-refractivity contribution in [1.82, 2.24) is 0 Å². The van der Waals surface area contributed by atoms with E-state index in [0.717, 1.165) is 103 Å². The molecule has 0 saturated heterocycles. The number of carbonyl (C=O) groups excluding carboxylic acids is 3. The highest BCUT2D eigenvalue weighted by Gasteiger charge is 2.19. The zero-order valence-corrected chi connectivity index (χ0v) is 51.2. The van der Waals surface area contributed by atoms with E-state index in [1.165, 1.54) is 199 Å². The molecule has 0 rings (SSSR count). The number of carbonyl (C=O) groups is 3. The lowest BCUT2D eigenvalue weighted by atomic mass is 10.0. The maximum Gasteiger partial charge on any atom is 0.306 e. The summed E-state index contributed by atoms with van der Waals surface area (Å²) in [7, 11) is 0. The molecule has 0 aliphatic rings. The van der Waals surface area contributed by atoms with Crippen LogP contribution in [0.4, 0.5) is 0 Å². The number of esters is 3. The van der Waals surface area contributed by atoms with E-state index in [9.17, 15) is 14.4 Å². The zero-order chi connectivity index (χ0) is 55.7. The van der Waals surface area contributed by atoms with Gasteiger partial charge in [-0.2, -0.15) is 0 Å². The Kier molecular flexibility index (Phi) is 62.7. The SMILES string of the molecule is CC/C=C\C/C=C\C/C=C\C/C=C\C/C=C\CCCCCCCCCC(=O)OC(COC(=O)CCCCCCC/C=C\CCCC)COC(=O)CCCCCCCCCCCCCCCCCCCCCCCCCCC. The number of hydrogen-bond donors (Lipinski definition) is 0. The Morgan fingerprint density at radius 1 is 0.273 bits per heavy atom. The highest BCUT2D eigenvalue weighted by atomic mass is 16.6. The molecule has 1 unspecified atom stereocenters. The normalized spacial score (nSPS) is 12.5. The largest absolute Gasteiger partial charge is 0.462 e. The van der Waals surface area contributed by atoms with E-state index in [1.807, 2.05) is 0 Å². The van der Waals surface area contributed by atoms with Crippen molar-refractivity contribution in [2.24, 2.45) is 0 Å². The van der Waals surface area contributed by atoms with Crippen LogP contribution >= 0.6 is 0 Å². The Bertz CT molecular complexity index is 1420. The van der Waals surface area contributed by atoms with Crippen LogP contribution in [0.25, 0.3) is 0 Å². The maximum atomic E-state index is 12.9. The van der Waals surface area contributed by atoms with Gasteiger partial charge in [-0.25, -0.2) is 0 Å². The van der Waals surface area contributed by atoms with Crippen LogP contribution in [0.1, 0.15) is 342 Å². The molecule has 446 valence electrons. The molecule has 0 aliphatic carbocycles. The first kappa shape index (κ1) is 73.8. The zero-order valence-electron chi connectivity index (χ0n) is 51.2. The lowest BCUT2D eigenvalue weighted by Gasteiger charge is -2.18. The molecule has 0 aromatic carbocycles. The van der Waals surface area contributed by atoms with Gasteiger partial charge < -0.3 is 14.2 Å². The fourth-order valence-corrected chi connectivity index (χ4v) is 9.69. The predicted octanol–water partition coefficient (Wildman–Crippen LogP) is 22.9. The number of hydrogen-bond acceptors (Lipinski definition) is 6. The molecule has 0 spiro atoms. The van der Waals surface area contributed by atoms with Crippen LogP contribution in [0.15, 0.2) is 72.9 Å². The molecule has 0 N–H and O–H groups in total. The number of allylic oxidation sites excluding steroid dienone is 12. The molecule has 0 aromatic rings. The van der Waals surface area contributed by atoms with Gasteiger partial charge in [-0.1, -0.05) is 312 Å². The van der Waals surface area contributed by atoms with E-state index in [1.54, 1.807) is 0 Å². The maximum absolute atomic E-state index is 12.9. The van der Waals surface area contributed by atoms with Crippen molar-refractivity contribution in [3.05, 3.63) is 72.9 Å². The Morgan fingerprint density at radius 3 is 0.844 bits per heavy atom. The summed E-state index contributed by atoms with van der Waals surface area (Å²) < 4.78 is 16.9. The lowest BCUT2D eigenvalue weighted by molar-refractivity contribution is -0.167. The summed E-state index contributed by atoms with van der Waals surface area (Å²) in [5, 5.41) is 0. The summed E-state index contributed by atoms with van der Waals surface area (Å²) in [6.07, 6.45) is 85.0. The first-order chi connectivity index (χ1) is 38.0. The Morgan fingerprint density at radius 2 is 0.519 bits per heavy atom. The molecule has 0 heterocycles. The Labute approximate surface area is 478 Å². The van der Waals surface area contributed by atoms with Crippen molar-refractivity contribution in [3.63, 3.8) is 0 Å². The lowest BCUT2D eigenvalue weighted by Crippen LogP contribution is -2.30. The monoisotopic (exact) mass is 1070 g/mol. The quantitative estimate of drug-likeness (QED) is 0.0261. The first-order valence-electron chi connectivity index (χ1n) is 33.4. The summed E-state index contributed by atoms with van der Waals surface area (Å²) in [5.74, 6) is -0.884. The van der Waals surface area contributed by atoms with E-state index < -0.39 is 6.10 Å². The van der Waals surface area contributed by atoms with Gasteiger partial charge in [0.2, 0.25) is 0 Å². The van der Waals surface area contributed by atoms with E-state index in [4.69, 9.17) is 14.2 Å². The van der Waals surface area contributed by atoms with Crippen molar-refractivity contribution >= 4 is 17.9 Å². The molecule has 6 nitrogen and oxygen atoms in total. The number of ether oxygens (including phenoxy) is 3. The van der Waals surface area contributed by atoms with Crippen molar-refractivity contribution in [2.75, 3.05) is 13.2 Å². The molecule has 1 atom stereocenters. The molecular formula is C71H126O6. The van der Waals surface area contributed by atoms with Crippen LogP contribution in [0.5, 0.6) is 0 Å². The molecule has 0 aliphatic heterocycles. The Hall–Kier alpha value is -3.15. The van der Waals surface area contributed by atoms with Gasteiger partial charge in [-0.05, 0) is 83.5 Å². The average molecular weight is 1080 g/mol. The Balaban J connectivity index is 4.25. The van der Waals surface area contributed by atoms with Gasteiger partial charge in [0, 0.05) is 19.3 Å². The molecule has 0 aromatic heterocycles. The van der Waals surface area contributed by atoms with Crippen molar-refractivity contribution < 1.29 is 28.6 Å². The smallest absolute Gasteiger partial charge is 0.306 e. The highest BCUT2D eigenvalue weighted by Crippen LogP contribution is 2.18. The van der Waals surface area contributed by atoms with E-state index in [-0.39, 0.29) is 31.1 Å². The fraction of sp³-hybridized carbons (Fsp3) is 0.789. The van der Waals surface area contributed by atoms with Crippen LogP contribution in [-0.4, -0.2) is 37.2 Å². The molecule has 0 saturated carbocycles. The number of rotatable bonds is 61. The van der Waals surface area contributed by atoms with Crippen LogP contribution in [0.2, 0.25) is 0 Å². The summed E-state index contributed by atoms with van der Waals surface area (Å²) in [4.78, 5) is 38.3. The van der Waals surface area contributed by atoms with Gasteiger partial charge in [-0.15, -0.1) is 0 Å². The molecule has 6 heteroatoms. The van der Waals surface area contributed by atoms with Gasteiger partial charge in [-0.3, -0.25) is 14.4 Å². The second-order valence-electron chi connectivity index (χ2n) is 22.4. The second kappa shape index (κ2) is 65.4. The first-order valence-corrected chi connectivity index (χ1v) is 33.4. The minimum Gasteiger partial charge on any atom is -0.462 e. The average Bonchev–Trinajstić information content (AvgIpc) is 3.43. The molecular weight excluding hydrogens is 949 g/mol. The second-order valence-corrected chi connectivity index (χ2v) is 22.4. The minimum atomic E-state index is -0.784. The van der Waals surface area contributed by atoms with Crippen LogP contribution < -0.4 is 0 Å². The summed E-state index contributed by atoms with van der Waals surface area (Å²) >= 11 is 0.